The molecular formula is C19H41N. The van der Waals surface area contributed by atoms with Crippen molar-refractivity contribution in [2.75, 3.05) is 13.1 Å². The number of hydrogen-bond donors (Lipinski definition) is 0. The largest absolute Gasteiger partial charge is 0.300 e. The van der Waals surface area contributed by atoms with Crippen molar-refractivity contribution in [3.05, 3.63) is 0 Å². The molecule has 1 heteroatoms. The van der Waals surface area contributed by atoms with Gasteiger partial charge >= 0.3 is 0 Å². The monoisotopic (exact) mass is 283 g/mol. The number of rotatable bonds is 15. The second kappa shape index (κ2) is 15.4. The summed E-state index contributed by atoms with van der Waals surface area (Å²) in [6.07, 6.45) is 16.8. The second-order valence-electron chi connectivity index (χ2n) is 6.39. The average Bonchev–Trinajstić information content (AvgIpc) is 2.45. The third kappa shape index (κ3) is 10.7. The van der Waals surface area contributed by atoms with Crippen LogP contribution in [0.25, 0.3) is 0 Å². The molecule has 0 aromatic heterocycles. The van der Waals surface area contributed by atoms with Crippen LogP contribution < -0.4 is 0 Å². The lowest BCUT2D eigenvalue weighted by Gasteiger charge is -2.31. The van der Waals surface area contributed by atoms with Crippen molar-refractivity contribution >= 4 is 0 Å². The first-order valence-corrected chi connectivity index (χ1v) is 9.54. The maximum Gasteiger partial charge on any atom is 0.00952 e. The summed E-state index contributed by atoms with van der Waals surface area (Å²) in [5.41, 5.74) is 0. The van der Waals surface area contributed by atoms with E-state index < -0.39 is 0 Å². The lowest BCUT2D eigenvalue weighted by Crippen LogP contribution is -2.36. The van der Waals surface area contributed by atoms with Crippen molar-refractivity contribution in [2.45, 2.75) is 111 Å². The molecule has 0 amide bonds. The fourth-order valence-electron chi connectivity index (χ4n) is 3.17. The zero-order valence-corrected chi connectivity index (χ0v) is 14.9. The Kier molecular flexibility index (Phi) is 15.3. The molecule has 0 aromatic rings. The van der Waals surface area contributed by atoms with Crippen molar-refractivity contribution in [2.24, 2.45) is 0 Å². The first-order chi connectivity index (χ1) is 9.79. The van der Waals surface area contributed by atoms with Gasteiger partial charge in [-0.3, -0.25) is 0 Å². The third-order valence-corrected chi connectivity index (χ3v) is 4.32. The molecule has 0 saturated carbocycles. The Balaban J connectivity index is 4.13. The Morgan fingerprint density at radius 3 is 1.50 bits per heavy atom. The third-order valence-electron chi connectivity index (χ3n) is 4.32. The van der Waals surface area contributed by atoms with Crippen LogP contribution in [-0.4, -0.2) is 24.0 Å². The van der Waals surface area contributed by atoms with Gasteiger partial charge < -0.3 is 4.90 Å². The van der Waals surface area contributed by atoms with Gasteiger partial charge in [0.2, 0.25) is 0 Å². The van der Waals surface area contributed by atoms with Gasteiger partial charge in [0.25, 0.3) is 0 Å². The summed E-state index contributed by atoms with van der Waals surface area (Å²) in [4.78, 5) is 2.79. The fraction of sp³-hybridized carbons (Fsp3) is 1.00. The van der Waals surface area contributed by atoms with E-state index in [1.807, 2.05) is 0 Å². The maximum absolute atomic E-state index is 2.79. The molecule has 0 bridgehead atoms. The summed E-state index contributed by atoms with van der Waals surface area (Å²) < 4.78 is 0. The molecule has 0 radical (unpaired) electrons. The van der Waals surface area contributed by atoms with Crippen molar-refractivity contribution in [1.82, 2.24) is 4.90 Å². The lowest BCUT2D eigenvalue weighted by molar-refractivity contribution is 0.170. The summed E-state index contributed by atoms with van der Waals surface area (Å²) in [6, 6.07) is 0.864. The minimum Gasteiger partial charge on any atom is -0.300 e. The molecule has 0 aliphatic rings. The first-order valence-electron chi connectivity index (χ1n) is 9.54. The molecule has 0 saturated heterocycles. The Morgan fingerprint density at radius 2 is 1.00 bits per heavy atom. The lowest BCUT2D eigenvalue weighted by atomic mass is 9.99. The van der Waals surface area contributed by atoms with E-state index in [1.165, 1.54) is 90.1 Å². The van der Waals surface area contributed by atoms with Gasteiger partial charge in [0, 0.05) is 6.04 Å². The van der Waals surface area contributed by atoms with E-state index in [1.54, 1.807) is 0 Å². The molecule has 0 fully saturated rings. The van der Waals surface area contributed by atoms with Gasteiger partial charge in [-0.1, -0.05) is 79.1 Å². The van der Waals surface area contributed by atoms with E-state index in [2.05, 4.69) is 32.6 Å². The van der Waals surface area contributed by atoms with Crippen LogP contribution in [0.5, 0.6) is 0 Å². The minimum absolute atomic E-state index is 0.864. The molecule has 0 aliphatic heterocycles. The van der Waals surface area contributed by atoms with Crippen LogP contribution in [0, 0.1) is 0 Å². The highest BCUT2D eigenvalue weighted by Gasteiger charge is 2.16. The molecule has 0 spiro atoms. The summed E-state index contributed by atoms with van der Waals surface area (Å²) in [6.45, 7) is 11.9. The van der Waals surface area contributed by atoms with E-state index >= 15 is 0 Å². The van der Waals surface area contributed by atoms with Gasteiger partial charge in [0.05, 0.1) is 0 Å². The Labute approximate surface area is 129 Å². The zero-order chi connectivity index (χ0) is 15.1. The van der Waals surface area contributed by atoms with Crippen LogP contribution in [0.2, 0.25) is 0 Å². The molecule has 1 nitrogen and oxygen atoms in total. The molecule has 0 heterocycles. The SMILES string of the molecule is CCCCCCCC(CCCCC)N(CCC)CCC. The first kappa shape index (κ1) is 20.0. The normalized spacial score (nSPS) is 13.1. The van der Waals surface area contributed by atoms with Gasteiger partial charge in [-0.15, -0.1) is 0 Å². The minimum atomic E-state index is 0.864. The molecule has 1 atom stereocenters. The highest BCUT2D eigenvalue weighted by atomic mass is 15.1. The van der Waals surface area contributed by atoms with E-state index in [4.69, 9.17) is 0 Å². The topological polar surface area (TPSA) is 3.24 Å². The molecule has 0 N–H and O–H groups in total. The molecule has 20 heavy (non-hydrogen) atoms. The quantitative estimate of drug-likeness (QED) is 0.313. The Morgan fingerprint density at radius 1 is 0.550 bits per heavy atom. The summed E-state index contributed by atoms with van der Waals surface area (Å²) in [5.74, 6) is 0. The van der Waals surface area contributed by atoms with Gasteiger partial charge in [-0.25, -0.2) is 0 Å². The predicted octanol–water partition coefficient (Wildman–Crippen LogP) is 6.42. The number of hydrogen-bond acceptors (Lipinski definition) is 1. The standard InChI is InChI=1S/C19H41N/c1-5-9-11-12-14-16-19(15-13-10-6-2)20(17-7-3)18-8-4/h19H,5-18H2,1-4H3. The second-order valence-corrected chi connectivity index (χ2v) is 6.39. The Hall–Kier alpha value is -0.0400. The molecule has 0 aromatic carbocycles. The molecular weight excluding hydrogens is 242 g/mol. The number of unbranched alkanes of at least 4 members (excludes halogenated alkanes) is 6. The van der Waals surface area contributed by atoms with Crippen molar-refractivity contribution in [3.8, 4) is 0 Å². The van der Waals surface area contributed by atoms with E-state index in [0.29, 0.717) is 0 Å². The Bertz CT molecular complexity index is 173. The van der Waals surface area contributed by atoms with Crippen molar-refractivity contribution in [1.29, 1.82) is 0 Å². The van der Waals surface area contributed by atoms with Gasteiger partial charge in [-0.05, 0) is 38.8 Å². The van der Waals surface area contributed by atoms with Crippen LogP contribution in [-0.2, 0) is 0 Å². The molecule has 1 unspecified atom stereocenters. The van der Waals surface area contributed by atoms with Crippen molar-refractivity contribution in [3.63, 3.8) is 0 Å². The van der Waals surface area contributed by atoms with Gasteiger partial charge in [0.15, 0.2) is 0 Å². The van der Waals surface area contributed by atoms with Gasteiger partial charge in [-0.2, -0.15) is 0 Å². The van der Waals surface area contributed by atoms with Gasteiger partial charge in [0.1, 0.15) is 0 Å². The maximum atomic E-state index is 2.79. The highest BCUT2D eigenvalue weighted by Crippen LogP contribution is 2.18. The average molecular weight is 284 g/mol. The number of nitrogens with zero attached hydrogens (tertiary/aromatic N) is 1. The van der Waals surface area contributed by atoms with Crippen LogP contribution >= 0.6 is 0 Å². The summed E-state index contributed by atoms with van der Waals surface area (Å²) in [7, 11) is 0. The molecule has 0 rings (SSSR count). The highest BCUT2D eigenvalue weighted by molar-refractivity contribution is 4.72. The zero-order valence-electron chi connectivity index (χ0n) is 14.9. The van der Waals surface area contributed by atoms with Crippen LogP contribution in [0.15, 0.2) is 0 Å². The smallest absolute Gasteiger partial charge is 0.00952 e. The van der Waals surface area contributed by atoms with Crippen molar-refractivity contribution < 1.29 is 0 Å². The summed E-state index contributed by atoms with van der Waals surface area (Å²) in [5, 5.41) is 0. The van der Waals surface area contributed by atoms with E-state index in [9.17, 15) is 0 Å². The fourth-order valence-corrected chi connectivity index (χ4v) is 3.17. The van der Waals surface area contributed by atoms with Crippen LogP contribution in [0.1, 0.15) is 105 Å². The van der Waals surface area contributed by atoms with E-state index in [-0.39, 0.29) is 0 Å². The van der Waals surface area contributed by atoms with E-state index in [0.717, 1.165) is 6.04 Å². The molecule has 0 aliphatic carbocycles. The van der Waals surface area contributed by atoms with Crippen LogP contribution in [0.3, 0.4) is 0 Å². The predicted molar refractivity (Wildman–Crippen MR) is 93.5 cm³/mol. The molecule has 122 valence electrons. The van der Waals surface area contributed by atoms with Crippen LogP contribution in [0.4, 0.5) is 0 Å². The summed E-state index contributed by atoms with van der Waals surface area (Å²) >= 11 is 0.